The third-order valence-corrected chi connectivity index (χ3v) is 4.26. The lowest BCUT2D eigenvalue weighted by molar-refractivity contribution is -0.143. The van der Waals surface area contributed by atoms with Crippen LogP contribution in [0.25, 0.3) is 0 Å². The van der Waals surface area contributed by atoms with Crippen LogP contribution in [0, 0.1) is 5.92 Å². The maximum atomic E-state index is 12.0. The highest BCUT2D eigenvalue weighted by atomic mass is 16.4. The molecule has 0 aromatic rings. The molecule has 1 heterocycles. The van der Waals surface area contributed by atoms with E-state index in [1.54, 1.807) is 0 Å². The van der Waals surface area contributed by atoms with Crippen molar-refractivity contribution in [3.8, 4) is 0 Å². The lowest BCUT2D eigenvalue weighted by Gasteiger charge is -2.40. The molecule has 0 spiro atoms. The van der Waals surface area contributed by atoms with Crippen molar-refractivity contribution in [1.29, 1.82) is 0 Å². The summed E-state index contributed by atoms with van der Waals surface area (Å²) in [7, 11) is 0. The van der Waals surface area contributed by atoms with Crippen molar-refractivity contribution in [3.63, 3.8) is 0 Å². The van der Waals surface area contributed by atoms with Gasteiger partial charge in [-0.1, -0.05) is 12.8 Å². The van der Waals surface area contributed by atoms with Crippen molar-refractivity contribution in [2.24, 2.45) is 5.92 Å². The number of fused-ring (bicyclic) bond motifs is 1. The van der Waals surface area contributed by atoms with Crippen LogP contribution in [0.5, 0.6) is 0 Å². The number of hydrogen-bond acceptors (Lipinski definition) is 4. The Kier molecular flexibility index (Phi) is 4.76. The van der Waals surface area contributed by atoms with Gasteiger partial charge in [0, 0.05) is 6.04 Å². The number of aliphatic hydroxyl groups excluding tert-OH is 1. The normalized spacial score (nSPS) is 32.2. The standard InChI is InChI=1S/C13H22N2O4/c16-7-11(13(18)19)15-12(17)10-6-5-8-3-1-2-4-9(8)14-10/h8-11,14,16H,1-7H2,(H,15,17)(H,18,19)/t8?,9?,10?,11-/m1/s1. The van der Waals surface area contributed by atoms with Gasteiger partial charge < -0.3 is 20.8 Å². The summed E-state index contributed by atoms with van der Waals surface area (Å²) in [5, 5.41) is 23.4. The second kappa shape index (κ2) is 6.34. The van der Waals surface area contributed by atoms with Crippen LogP contribution >= 0.6 is 0 Å². The highest BCUT2D eigenvalue weighted by molar-refractivity contribution is 5.87. The number of carboxylic acid groups (broad SMARTS) is 1. The Hall–Kier alpha value is -1.14. The third kappa shape index (κ3) is 3.45. The number of aliphatic hydroxyl groups is 1. The second-order valence-electron chi connectivity index (χ2n) is 5.53. The predicted octanol–water partition coefficient (Wildman–Crippen LogP) is -0.141. The summed E-state index contributed by atoms with van der Waals surface area (Å²) in [5.74, 6) is -0.862. The SMILES string of the molecule is O=C(N[C@H](CO)C(=O)O)C1CCC2CCCCC2N1. The second-order valence-corrected chi connectivity index (χ2v) is 5.53. The molecular weight excluding hydrogens is 248 g/mol. The Balaban J connectivity index is 1.88. The van der Waals surface area contributed by atoms with Crippen molar-refractivity contribution >= 4 is 11.9 Å². The molecular formula is C13H22N2O4. The molecule has 1 aliphatic heterocycles. The summed E-state index contributed by atoms with van der Waals surface area (Å²) < 4.78 is 0. The maximum absolute atomic E-state index is 12.0. The molecule has 1 aliphatic carbocycles. The Morgan fingerprint density at radius 2 is 1.95 bits per heavy atom. The van der Waals surface area contributed by atoms with E-state index in [1.165, 1.54) is 19.3 Å². The van der Waals surface area contributed by atoms with Crippen LogP contribution < -0.4 is 10.6 Å². The Bertz CT molecular complexity index is 348. The summed E-state index contributed by atoms with van der Waals surface area (Å²) in [6, 6.07) is -1.15. The van der Waals surface area contributed by atoms with Crippen molar-refractivity contribution in [1.82, 2.24) is 10.6 Å². The van der Waals surface area contributed by atoms with E-state index in [2.05, 4.69) is 10.6 Å². The van der Waals surface area contributed by atoms with Gasteiger partial charge in [-0.15, -0.1) is 0 Å². The summed E-state index contributed by atoms with van der Waals surface area (Å²) in [4.78, 5) is 22.8. The lowest BCUT2D eigenvalue weighted by atomic mass is 9.77. The topological polar surface area (TPSA) is 98.7 Å². The number of rotatable bonds is 4. The first-order valence-corrected chi connectivity index (χ1v) is 7.02. The molecule has 4 N–H and O–H groups in total. The van der Waals surface area contributed by atoms with Gasteiger partial charge in [0.05, 0.1) is 12.6 Å². The highest BCUT2D eigenvalue weighted by Gasteiger charge is 2.35. The summed E-state index contributed by atoms with van der Waals surface area (Å²) >= 11 is 0. The molecule has 0 bridgehead atoms. The minimum Gasteiger partial charge on any atom is -0.480 e. The van der Waals surface area contributed by atoms with Gasteiger partial charge >= 0.3 is 5.97 Å². The van der Waals surface area contributed by atoms with E-state index in [1.807, 2.05) is 0 Å². The first kappa shape index (κ1) is 14.3. The van der Waals surface area contributed by atoms with Crippen LogP contribution in [0.2, 0.25) is 0 Å². The molecule has 3 unspecified atom stereocenters. The lowest BCUT2D eigenvalue weighted by Crippen LogP contribution is -2.57. The molecule has 1 amide bonds. The average molecular weight is 270 g/mol. The van der Waals surface area contributed by atoms with Gasteiger partial charge in [-0.2, -0.15) is 0 Å². The number of hydrogen-bond donors (Lipinski definition) is 4. The number of piperidine rings is 1. The molecule has 0 radical (unpaired) electrons. The van der Waals surface area contributed by atoms with E-state index in [0.29, 0.717) is 12.0 Å². The van der Waals surface area contributed by atoms with Crippen LogP contribution in [0.4, 0.5) is 0 Å². The zero-order valence-corrected chi connectivity index (χ0v) is 11.0. The van der Waals surface area contributed by atoms with Gasteiger partial charge in [0.25, 0.3) is 0 Å². The van der Waals surface area contributed by atoms with E-state index < -0.39 is 18.6 Å². The molecule has 2 rings (SSSR count). The Morgan fingerprint density at radius 1 is 1.21 bits per heavy atom. The van der Waals surface area contributed by atoms with E-state index in [4.69, 9.17) is 10.2 Å². The average Bonchev–Trinajstić information content (AvgIpc) is 2.43. The smallest absolute Gasteiger partial charge is 0.328 e. The van der Waals surface area contributed by atoms with Gasteiger partial charge in [-0.3, -0.25) is 4.79 Å². The quantitative estimate of drug-likeness (QED) is 0.570. The molecule has 0 aromatic heterocycles. The van der Waals surface area contributed by atoms with Crippen LogP contribution in [0.15, 0.2) is 0 Å². The Morgan fingerprint density at radius 3 is 2.63 bits per heavy atom. The summed E-state index contributed by atoms with van der Waals surface area (Å²) in [6.07, 6.45) is 6.54. The fourth-order valence-electron chi connectivity index (χ4n) is 3.16. The first-order valence-electron chi connectivity index (χ1n) is 7.02. The van der Waals surface area contributed by atoms with Crippen molar-refractivity contribution in [3.05, 3.63) is 0 Å². The van der Waals surface area contributed by atoms with Gasteiger partial charge in [0.15, 0.2) is 0 Å². The molecule has 0 aromatic carbocycles. The van der Waals surface area contributed by atoms with Crippen LogP contribution in [0.1, 0.15) is 38.5 Å². The van der Waals surface area contributed by atoms with Crippen LogP contribution in [-0.2, 0) is 9.59 Å². The van der Waals surface area contributed by atoms with E-state index in [0.717, 1.165) is 19.3 Å². The number of nitrogens with one attached hydrogen (secondary N) is 2. The van der Waals surface area contributed by atoms with Gasteiger partial charge in [0.2, 0.25) is 5.91 Å². The molecule has 6 heteroatoms. The van der Waals surface area contributed by atoms with Gasteiger partial charge in [-0.25, -0.2) is 4.79 Å². The number of amides is 1. The number of carbonyl (C=O) groups is 2. The fourth-order valence-corrected chi connectivity index (χ4v) is 3.16. The largest absolute Gasteiger partial charge is 0.480 e. The van der Waals surface area contributed by atoms with Gasteiger partial charge in [-0.05, 0) is 31.6 Å². The van der Waals surface area contributed by atoms with Crippen LogP contribution in [-0.4, -0.2) is 46.8 Å². The summed E-state index contributed by atoms with van der Waals surface area (Å²) in [5.41, 5.74) is 0. The molecule has 108 valence electrons. The predicted molar refractivity (Wildman–Crippen MR) is 68.6 cm³/mol. The van der Waals surface area contributed by atoms with Crippen molar-refractivity contribution in [2.45, 2.75) is 56.7 Å². The number of aliphatic carboxylic acids is 1. The fraction of sp³-hybridized carbons (Fsp3) is 0.846. The van der Waals surface area contributed by atoms with E-state index in [-0.39, 0.29) is 11.9 Å². The molecule has 2 aliphatic rings. The monoisotopic (exact) mass is 270 g/mol. The summed E-state index contributed by atoms with van der Waals surface area (Å²) in [6.45, 7) is -0.583. The third-order valence-electron chi connectivity index (χ3n) is 4.26. The number of carbonyl (C=O) groups excluding carboxylic acids is 1. The molecule has 19 heavy (non-hydrogen) atoms. The van der Waals surface area contributed by atoms with Crippen molar-refractivity contribution < 1.29 is 19.8 Å². The molecule has 1 saturated carbocycles. The highest BCUT2D eigenvalue weighted by Crippen LogP contribution is 2.32. The molecule has 2 fully saturated rings. The zero-order chi connectivity index (χ0) is 13.8. The first-order chi connectivity index (χ1) is 9.11. The van der Waals surface area contributed by atoms with Gasteiger partial charge in [0.1, 0.15) is 6.04 Å². The van der Waals surface area contributed by atoms with Crippen LogP contribution in [0.3, 0.4) is 0 Å². The van der Waals surface area contributed by atoms with E-state index in [9.17, 15) is 9.59 Å². The van der Waals surface area contributed by atoms with E-state index >= 15 is 0 Å². The molecule has 1 saturated heterocycles. The van der Waals surface area contributed by atoms with Crippen molar-refractivity contribution in [2.75, 3.05) is 6.61 Å². The maximum Gasteiger partial charge on any atom is 0.328 e. The molecule has 6 nitrogen and oxygen atoms in total. The zero-order valence-electron chi connectivity index (χ0n) is 11.0. The minimum atomic E-state index is -1.21. The minimum absolute atomic E-state index is 0.314. The Labute approximate surface area is 112 Å². The number of carboxylic acids is 1. The molecule has 4 atom stereocenters.